The molecule has 1 atom stereocenters. The molecule has 0 amide bonds. The molecule has 1 aliphatic rings. The summed E-state index contributed by atoms with van der Waals surface area (Å²) in [5.74, 6) is -0.563. The van der Waals surface area contributed by atoms with Gasteiger partial charge >= 0.3 is 6.18 Å². The molecular formula is C16H20F3N3. The summed E-state index contributed by atoms with van der Waals surface area (Å²) in [5, 5.41) is 3.26. The van der Waals surface area contributed by atoms with E-state index in [2.05, 4.69) is 10.3 Å². The summed E-state index contributed by atoms with van der Waals surface area (Å²) >= 11 is 0. The standard InChI is InChI=1S/C16H20F3N3/c1-10-6-13-14(7-11(10)2)22(15(21-13)16(17,18)19)9-12-4-3-5-20-8-12/h6-7,12,20H,3-5,8-9H2,1-2H3. The van der Waals surface area contributed by atoms with Crippen LogP contribution in [0.4, 0.5) is 13.2 Å². The lowest BCUT2D eigenvalue weighted by atomic mass is 9.99. The predicted octanol–water partition coefficient (Wildman–Crippen LogP) is 3.67. The molecule has 120 valence electrons. The molecule has 1 fully saturated rings. The fourth-order valence-electron chi connectivity index (χ4n) is 3.12. The Bertz CT molecular complexity index is 682. The summed E-state index contributed by atoms with van der Waals surface area (Å²) < 4.78 is 41.4. The number of alkyl halides is 3. The molecule has 2 heterocycles. The predicted molar refractivity (Wildman–Crippen MR) is 79.8 cm³/mol. The molecule has 22 heavy (non-hydrogen) atoms. The average Bonchev–Trinajstić information content (AvgIpc) is 2.79. The normalized spacial score (nSPS) is 19.8. The van der Waals surface area contributed by atoms with Gasteiger partial charge in [-0.05, 0) is 69.0 Å². The molecule has 1 unspecified atom stereocenters. The van der Waals surface area contributed by atoms with Crippen LogP contribution in [0.5, 0.6) is 0 Å². The van der Waals surface area contributed by atoms with Gasteiger partial charge in [0.25, 0.3) is 0 Å². The zero-order valence-electron chi connectivity index (χ0n) is 12.8. The second kappa shape index (κ2) is 5.57. The van der Waals surface area contributed by atoms with E-state index >= 15 is 0 Å². The van der Waals surface area contributed by atoms with Crippen LogP contribution in [-0.2, 0) is 12.7 Å². The van der Waals surface area contributed by atoms with Crippen LogP contribution in [0, 0.1) is 19.8 Å². The van der Waals surface area contributed by atoms with Crippen LogP contribution in [0.1, 0.15) is 29.8 Å². The highest BCUT2D eigenvalue weighted by atomic mass is 19.4. The van der Waals surface area contributed by atoms with E-state index in [4.69, 9.17) is 0 Å². The van der Waals surface area contributed by atoms with Crippen molar-refractivity contribution < 1.29 is 13.2 Å². The van der Waals surface area contributed by atoms with Gasteiger partial charge in [-0.2, -0.15) is 13.2 Å². The average molecular weight is 311 g/mol. The largest absolute Gasteiger partial charge is 0.449 e. The van der Waals surface area contributed by atoms with Crippen molar-refractivity contribution in [1.29, 1.82) is 0 Å². The highest BCUT2D eigenvalue weighted by Crippen LogP contribution is 2.33. The molecule has 1 N–H and O–H groups in total. The van der Waals surface area contributed by atoms with Crippen LogP contribution >= 0.6 is 0 Å². The molecule has 1 aromatic heterocycles. The maximum atomic E-state index is 13.3. The van der Waals surface area contributed by atoms with E-state index in [1.807, 2.05) is 19.9 Å². The first kappa shape index (κ1) is 15.3. The number of fused-ring (bicyclic) bond motifs is 1. The Morgan fingerprint density at radius 1 is 1.27 bits per heavy atom. The number of hydrogen-bond acceptors (Lipinski definition) is 2. The molecule has 1 saturated heterocycles. The summed E-state index contributed by atoms with van der Waals surface area (Å²) in [6, 6.07) is 3.57. The Morgan fingerprint density at radius 2 is 2.00 bits per heavy atom. The Labute approximate surface area is 127 Å². The minimum absolute atomic E-state index is 0.217. The first-order valence-corrected chi connectivity index (χ1v) is 7.61. The number of rotatable bonds is 2. The molecule has 0 saturated carbocycles. The van der Waals surface area contributed by atoms with Gasteiger partial charge < -0.3 is 9.88 Å². The fourth-order valence-corrected chi connectivity index (χ4v) is 3.12. The van der Waals surface area contributed by atoms with Crippen LogP contribution in [0.15, 0.2) is 12.1 Å². The Kier molecular flexibility index (Phi) is 3.89. The Hall–Kier alpha value is -1.56. The van der Waals surface area contributed by atoms with Gasteiger partial charge in [0.2, 0.25) is 5.82 Å². The highest BCUT2D eigenvalue weighted by Gasteiger charge is 2.38. The van der Waals surface area contributed by atoms with Gasteiger partial charge in [-0.1, -0.05) is 0 Å². The Balaban J connectivity index is 2.09. The third-order valence-electron chi connectivity index (χ3n) is 4.46. The number of imidazole rings is 1. The number of hydrogen-bond donors (Lipinski definition) is 1. The summed E-state index contributed by atoms with van der Waals surface area (Å²) in [7, 11) is 0. The molecule has 0 bridgehead atoms. The number of piperidine rings is 1. The maximum Gasteiger partial charge on any atom is 0.449 e. The van der Waals surface area contributed by atoms with Gasteiger partial charge in [0.15, 0.2) is 0 Å². The maximum absolute atomic E-state index is 13.3. The van der Waals surface area contributed by atoms with Gasteiger partial charge in [0, 0.05) is 6.54 Å². The molecule has 0 spiro atoms. The van der Waals surface area contributed by atoms with Crippen molar-refractivity contribution in [3.8, 4) is 0 Å². The van der Waals surface area contributed by atoms with E-state index in [0.717, 1.165) is 37.1 Å². The fraction of sp³-hybridized carbons (Fsp3) is 0.562. The van der Waals surface area contributed by atoms with Gasteiger partial charge in [0.1, 0.15) is 0 Å². The molecule has 1 aromatic carbocycles. The second-order valence-electron chi connectivity index (χ2n) is 6.18. The SMILES string of the molecule is Cc1cc2nc(C(F)(F)F)n(CC3CCCNC3)c2cc1C. The smallest absolute Gasteiger partial charge is 0.320 e. The van der Waals surface area contributed by atoms with Gasteiger partial charge in [-0.15, -0.1) is 0 Å². The van der Waals surface area contributed by atoms with Gasteiger partial charge in [-0.3, -0.25) is 0 Å². The quantitative estimate of drug-likeness (QED) is 0.917. The number of nitrogens with one attached hydrogen (secondary N) is 1. The molecule has 2 aromatic rings. The lowest BCUT2D eigenvalue weighted by molar-refractivity contribution is -0.147. The number of benzene rings is 1. The topological polar surface area (TPSA) is 29.9 Å². The number of halogens is 3. The van der Waals surface area contributed by atoms with Crippen molar-refractivity contribution in [2.24, 2.45) is 5.92 Å². The van der Waals surface area contributed by atoms with Crippen molar-refractivity contribution in [3.63, 3.8) is 0 Å². The van der Waals surface area contributed by atoms with Gasteiger partial charge in [0.05, 0.1) is 11.0 Å². The van der Waals surface area contributed by atoms with Gasteiger partial charge in [-0.25, -0.2) is 4.98 Å². The van der Waals surface area contributed by atoms with Crippen molar-refractivity contribution in [3.05, 3.63) is 29.1 Å². The molecule has 1 aliphatic heterocycles. The van der Waals surface area contributed by atoms with Crippen LogP contribution in [-0.4, -0.2) is 22.6 Å². The van der Waals surface area contributed by atoms with E-state index < -0.39 is 12.0 Å². The van der Waals surface area contributed by atoms with Crippen molar-refractivity contribution >= 4 is 11.0 Å². The van der Waals surface area contributed by atoms with Crippen molar-refractivity contribution in [2.75, 3.05) is 13.1 Å². The van der Waals surface area contributed by atoms with Crippen molar-refractivity contribution in [2.45, 2.75) is 39.4 Å². The number of aryl methyl sites for hydroxylation is 2. The van der Waals surface area contributed by atoms with E-state index in [9.17, 15) is 13.2 Å². The summed E-state index contributed by atoms with van der Waals surface area (Å²) in [5.41, 5.74) is 2.97. The minimum Gasteiger partial charge on any atom is -0.320 e. The van der Waals surface area contributed by atoms with Crippen LogP contribution in [0.25, 0.3) is 11.0 Å². The Morgan fingerprint density at radius 3 is 2.64 bits per heavy atom. The zero-order chi connectivity index (χ0) is 15.9. The summed E-state index contributed by atoms with van der Waals surface area (Å²) in [6.45, 7) is 5.89. The number of nitrogens with zero attached hydrogens (tertiary/aromatic N) is 2. The summed E-state index contributed by atoms with van der Waals surface area (Å²) in [6.07, 6.45) is -2.46. The van der Waals surface area contributed by atoms with E-state index in [1.165, 1.54) is 4.57 Å². The first-order valence-electron chi connectivity index (χ1n) is 7.61. The lowest BCUT2D eigenvalue weighted by Gasteiger charge is -2.24. The third kappa shape index (κ3) is 2.84. The number of aromatic nitrogens is 2. The first-order chi connectivity index (χ1) is 10.4. The monoisotopic (exact) mass is 311 g/mol. The van der Waals surface area contributed by atoms with E-state index in [-0.39, 0.29) is 5.92 Å². The zero-order valence-corrected chi connectivity index (χ0v) is 12.8. The molecule has 3 rings (SSSR count). The molecular weight excluding hydrogens is 291 g/mol. The van der Waals surface area contributed by atoms with E-state index in [0.29, 0.717) is 17.6 Å². The highest BCUT2D eigenvalue weighted by molar-refractivity contribution is 5.78. The van der Waals surface area contributed by atoms with E-state index in [1.54, 1.807) is 6.07 Å². The van der Waals surface area contributed by atoms with Crippen molar-refractivity contribution in [1.82, 2.24) is 14.9 Å². The molecule has 0 radical (unpaired) electrons. The lowest BCUT2D eigenvalue weighted by Crippen LogP contribution is -2.33. The third-order valence-corrected chi connectivity index (χ3v) is 4.46. The molecule has 0 aliphatic carbocycles. The van der Waals surface area contributed by atoms with Crippen LogP contribution in [0.2, 0.25) is 0 Å². The van der Waals surface area contributed by atoms with Crippen LogP contribution in [0.3, 0.4) is 0 Å². The molecule has 6 heteroatoms. The summed E-state index contributed by atoms with van der Waals surface area (Å²) in [4.78, 5) is 3.87. The second-order valence-corrected chi connectivity index (χ2v) is 6.18. The molecule has 3 nitrogen and oxygen atoms in total. The minimum atomic E-state index is -4.43. The van der Waals surface area contributed by atoms with Crippen LogP contribution < -0.4 is 5.32 Å².